The van der Waals surface area contributed by atoms with Crippen molar-refractivity contribution in [3.63, 3.8) is 0 Å². The molecule has 7 N–H and O–H groups in total. The molecule has 2 amide bonds. The van der Waals surface area contributed by atoms with E-state index >= 15 is 0 Å². The summed E-state index contributed by atoms with van der Waals surface area (Å²) < 4.78 is 6.94. The lowest BCUT2D eigenvalue weighted by Crippen LogP contribution is -2.45. The van der Waals surface area contributed by atoms with Gasteiger partial charge in [0.05, 0.1) is 18.4 Å². The molecule has 2 aromatic carbocycles. The van der Waals surface area contributed by atoms with Gasteiger partial charge < -0.3 is 41.2 Å². The van der Waals surface area contributed by atoms with Crippen LogP contribution in [0.15, 0.2) is 67.0 Å². The third-order valence-corrected chi connectivity index (χ3v) is 7.64. The Morgan fingerprint density at radius 1 is 1.02 bits per heavy atom. The zero-order valence-corrected chi connectivity index (χ0v) is 25.6. The predicted octanol–water partition coefficient (Wildman–Crippen LogP) is 2.32. The van der Waals surface area contributed by atoms with Crippen molar-refractivity contribution >= 4 is 29.0 Å². The van der Waals surface area contributed by atoms with Crippen LogP contribution in [0.25, 0.3) is 11.2 Å². The number of hydrogen-bond acceptors (Lipinski definition) is 10. The van der Waals surface area contributed by atoms with E-state index in [1.165, 1.54) is 6.33 Å². The topological polar surface area (TPSA) is 190 Å². The molecule has 4 atom stereocenters. The molecule has 2 aromatic heterocycles. The Balaban J connectivity index is 1.48. The van der Waals surface area contributed by atoms with Gasteiger partial charge in [-0.1, -0.05) is 60.7 Å². The number of aliphatic hydroxyl groups is 2. The van der Waals surface area contributed by atoms with Crippen molar-refractivity contribution < 1.29 is 24.5 Å². The van der Waals surface area contributed by atoms with Gasteiger partial charge in [0.2, 0.25) is 5.82 Å². The largest absolute Gasteiger partial charge is 0.444 e. The zero-order valence-electron chi connectivity index (χ0n) is 25.6. The number of amides is 2. The first-order valence-electron chi connectivity index (χ1n) is 15.0. The third-order valence-electron chi connectivity index (χ3n) is 7.64. The van der Waals surface area contributed by atoms with Gasteiger partial charge in [-0.25, -0.2) is 19.7 Å². The van der Waals surface area contributed by atoms with Crippen molar-refractivity contribution in [3.05, 3.63) is 83.9 Å². The van der Waals surface area contributed by atoms with Crippen LogP contribution >= 0.6 is 0 Å². The van der Waals surface area contributed by atoms with Gasteiger partial charge in [0, 0.05) is 25.6 Å². The highest BCUT2D eigenvalue weighted by molar-refractivity contribution is 5.94. The summed E-state index contributed by atoms with van der Waals surface area (Å²) in [6.45, 7) is 6.12. The van der Waals surface area contributed by atoms with E-state index in [-0.39, 0.29) is 36.9 Å². The van der Waals surface area contributed by atoms with E-state index in [1.807, 2.05) is 36.4 Å². The highest BCUT2D eigenvalue weighted by Gasteiger charge is 2.44. The van der Waals surface area contributed by atoms with Crippen molar-refractivity contribution in [1.82, 2.24) is 30.2 Å². The number of imidazole rings is 1. The maximum Gasteiger partial charge on any atom is 0.407 e. The number of hydrogen-bond donors (Lipinski definition) is 6. The standard InChI is InChI=1S/C32H40N8O5/c1-32(2,3)45-31(44)37-22-16-23(26(42)25(22)41)40-18-36-24-27(38-28(39-29(24)40)30(43)34-15-14-33)35-17-21(19-10-6-4-7-11-19)20-12-8-5-9-13-20/h4-13,18,21-23,25-26,41-42H,14-17,33H2,1-3H3,(H,34,43)(H,37,44)(H,35,38,39)/t22-,23?,25?,26+/m0/s1. The van der Waals surface area contributed by atoms with Crippen LogP contribution in [-0.2, 0) is 4.74 Å². The number of carbonyl (C=O) groups is 2. The monoisotopic (exact) mass is 616 g/mol. The van der Waals surface area contributed by atoms with E-state index in [0.717, 1.165) is 11.1 Å². The summed E-state index contributed by atoms with van der Waals surface area (Å²) in [5.74, 6) is -0.324. The molecule has 2 unspecified atom stereocenters. The van der Waals surface area contributed by atoms with Gasteiger partial charge in [-0.15, -0.1) is 0 Å². The minimum absolute atomic E-state index is 0.0412. The number of nitrogens with two attached hydrogens (primary N) is 1. The molecule has 5 rings (SSSR count). The summed E-state index contributed by atoms with van der Waals surface area (Å²) in [4.78, 5) is 39.1. The molecule has 45 heavy (non-hydrogen) atoms. The van der Waals surface area contributed by atoms with Crippen molar-refractivity contribution in [2.45, 2.75) is 63.0 Å². The number of alkyl carbamates (subject to hydrolysis) is 1. The summed E-state index contributed by atoms with van der Waals surface area (Å²) in [6.07, 6.45) is -1.57. The normalized spacial score (nSPS) is 19.9. The number of benzene rings is 2. The van der Waals surface area contributed by atoms with Crippen LogP contribution in [0.5, 0.6) is 0 Å². The van der Waals surface area contributed by atoms with Crippen LogP contribution in [-0.4, -0.2) is 85.2 Å². The number of ether oxygens (including phenoxy) is 1. The Bertz CT molecular complexity index is 1570. The van der Waals surface area contributed by atoms with Crippen LogP contribution in [0.3, 0.4) is 0 Å². The van der Waals surface area contributed by atoms with Gasteiger partial charge in [0.1, 0.15) is 23.3 Å². The summed E-state index contributed by atoms with van der Waals surface area (Å²) in [6, 6.07) is 18.6. The van der Waals surface area contributed by atoms with Crippen molar-refractivity contribution in [3.8, 4) is 0 Å². The van der Waals surface area contributed by atoms with Crippen LogP contribution in [0.1, 0.15) is 60.9 Å². The first-order chi connectivity index (χ1) is 21.6. The number of nitrogens with one attached hydrogen (secondary N) is 3. The van der Waals surface area contributed by atoms with Crippen molar-refractivity contribution in [1.29, 1.82) is 0 Å². The second-order valence-corrected chi connectivity index (χ2v) is 12.1. The first kappa shape index (κ1) is 31.8. The lowest BCUT2D eigenvalue weighted by molar-refractivity contribution is 0.00906. The molecule has 1 aliphatic carbocycles. The number of aliphatic hydroxyl groups excluding tert-OH is 2. The average molecular weight is 617 g/mol. The number of carbonyl (C=O) groups excluding carboxylic acids is 2. The fraction of sp³-hybridized carbons (Fsp3) is 0.406. The maximum absolute atomic E-state index is 13.0. The molecule has 1 fully saturated rings. The van der Waals surface area contributed by atoms with E-state index in [9.17, 15) is 19.8 Å². The molecule has 2 heterocycles. The van der Waals surface area contributed by atoms with Crippen molar-refractivity contribution in [2.75, 3.05) is 25.0 Å². The fourth-order valence-electron chi connectivity index (χ4n) is 5.53. The maximum atomic E-state index is 13.0. The van der Waals surface area contributed by atoms with E-state index in [1.54, 1.807) is 25.3 Å². The Morgan fingerprint density at radius 3 is 2.27 bits per heavy atom. The smallest absolute Gasteiger partial charge is 0.407 e. The van der Waals surface area contributed by atoms with E-state index in [4.69, 9.17) is 10.5 Å². The van der Waals surface area contributed by atoms with Crippen LogP contribution in [0.4, 0.5) is 10.6 Å². The third kappa shape index (κ3) is 7.39. The van der Waals surface area contributed by atoms with E-state index in [0.29, 0.717) is 17.9 Å². The van der Waals surface area contributed by atoms with Gasteiger partial charge in [0.25, 0.3) is 5.91 Å². The summed E-state index contributed by atoms with van der Waals surface area (Å²) in [5.41, 5.74) is 7.73. The Morgan fingerprint density at radius 2 is 1.67 bits per heavy atom. The molecule has 0 saturated heterocycles. The zero-order chi connectivity index (χ0) is 32.1. The molecule has 1 aliphatic rings. The van der Waals surface area contributed by atoms with E-state index < -0.39 is 41.9 Å². The Labute approximate surface area is 261 Å². The predicted molar refractivity (Wildman–Crippen MR) is 169 cm³/mol. The van der Waals surface area contributed by atoms with Gasteiger partial charge in [-0.3, -0.25) is 4.79 Å². The van der Waals surface area contributed by atoms with Crippen molar-refractivity contribution in [2.24, 2.45) is 5.73 Å². The fourth-order valence-corrected chi connectivity index (χ4v) is 5.53. The van der Waals surface area contributed by atoms with Gasteiger partial charge in [0.15, 0.2) is 11.5 Å². The number of rotatable bonds is 10. The lowest BCUT2D eigenvalue weighted by Gasteiger charge is -2.23. The average Bonchev–Trinajstić information content (AvgIpc) is 3.56. The highest BCUT2D eigenvalue weighted by atomic mass is 16.6. The van der Waals surface area contributed by atoms with Crippen LogP contribution in [0, 0.1) is 0 Å². The lowest BCUT2D eigenvalue weighted by atomic mass is 9.91. The van der Waals surface area contributed by atoms with Gasteiger partial charge >= 0.3 is 6.09 Å². The summed E-state index contributed by atoms with van der Waals surface area (Å²) in [5, 5.41) is 30.6. The number of anilines is 1. The summed E-state index contributed by atoms with van der Waals surface area (Å²) >= 11 is 0. The molecular weight excluding hydrogens is 576 g/mol. The second kappa shape index (κ2) is 13.6. The highest BCUT2D eigenvalue weighted by Crippen LogP contribution is 2.34. The molecule has 13 heteroatoms. The molecule has 0 aliphatic heterocycles. The molecule has 238 valence electrons. The molecular formula is C32H40N8O5. The Hall–Kier alpha value is -4.59. The Kier molecular flexibility index (Phi) is 9.61. The molecule has 0 spiro atoms. The van der Waals surface area contributed by atoms with Gasteiger partial charge in [-0.05, 0) is 38.3 Å². The van der Waals surface area contributed by atoms with Gasteiger partial charge in [-0.2, -0.15) is 0 Å². The molecule has 0 bridgehead atoms. The second-order valence-electron chi connectivity index (χ2n) is 12.1. The van der Waals surface area contributed by atoms with Crippen LogP contribution in [0.2, 0.25) is 0 Å². The molecule has 0 radical (unpaired) electrons. The first-order valence-corrected chi connectivity index (χ1v) is 15.0. The van der Waals surface area contributed by atoms with E-state index in [2.05, 4.69) is 55.2 Å². The number of aromatic nitrogens is 4. The van der Waals surface area contributed by atoms with Crippen LogP contribution < -0.4 is 21.7 Å². The summed E-state index contributed by atoms with van der Waals surface area (Å²) in [7, 11) is 0. The minimum atomic E-state index is -1.27. The number of nitrogens with zero attached hydrogens (tertiary/aromatic N) is 4. The SMILES string of the molecule is CC(C)(C)OC(=O)N[C@H]1CC(n2cnc3c(NCC(c4ccccc4)c4ccccc4)nc(C(=O)NCCN)nc32)[C@@H](O)C1O. The number of fused-ring (bicyclic) bond motifs is 1. The minimum Gasteiger partial charge on any atom is -0.444 e. The molecule has 13 nitrogen and oxygen atoms in total. The molecule has 1 saturated carbocycles. The molecule has 4 aromatic rings. The quantitative estimate of drug-likeness (QED) is 0.154.